The number of halogens is 1. The lowest BCUT2D eigenvalue weighted by Crippen LogP contribution is -1.86. The maximum absolute atomic E-state index is 5.77. The Morgan fingerprint density at radius 1 is 1.08 bits per heavy atom. The molecule has 3 aromatic rings. The maximum Gasteiger partial charge on any atom is 0.277 e. The highest BCUT2D eigenvalue weighted by Crippen LogP contribution is 2.30. The average Bonchev–Trinajstić information content (AvgIpc) is 3.04. The van der Waals surface area contributed by atoms with Gasteiger partial charge < -0.3 is 9.15 Å². The first-order valence-electron chi connectivity index (χ1n) is 7.43. The Morgan fingerprint density at radius 2 is 1.92 bits per heavy atom. The number of aryl methyl sites for hydroxylation is 2. The molecule has 0 N–H and O–H groups in total. The number of hydrogen-bond donors (Lipinski definition) is 0. The summed E-state index contributed by atoms with van der Waals surface area (Å²) in [6.07, 6.45) is 0. The largest absolute Gasteiger partial charge is 0.496 e. The van der Waals surface area contributed by atoms with Gasteiger partial charge in [-0.15, -0.1) is 10.2 Å². The molecule has 1 heterocycles. The van der Waals surface area contributed by atoms with Gasteiger partial charge in [0, 0.05) is 11.3 Å². The van der Waals surface area contributed by atoms with Gasteiger partial charge in [0.1, 0.15) is 5.75 Å². The second-order valence-electron chi connectivity index (χ2n) is 5.43. The minimum atomic E-state index is 0.552. The minimum Gasteiger partial charge on any atom is -0.496 e. The van der Waals surface area contributed by atoms with Crippen molar-refractivity contribution < 1.29 is 9.15 Å². The summed E-state index contributed by atoms with van der Waals surface area (Å²) in [6, 6.07) is 12.1. The molecular weight excluding hydrogens is 388 g/mol. The predicted octanol–water partition coefficient (Wildman–Crippen LogP) is 5.42. The summed E-state index contributed by atoms with van der Waals surface area (Å²) in [5.41, 5.74) is 4.56. The zero-order chi connectivity index (χ0) is 17.1. The van der Waals surface area contributed by atoms with Gasteiger partial charge in [-0.3, -0.25) is 0 Å². The Kier molecular flexibility index (Phi) is 5.26. The van der Waals surface area contributed by atoms with E-state index in [4.69, 9.17) is 9.15 Å². The number of hydrogen-bond acceptors (Lipinski definition) is 5. The molecule has 0 aliphatic carbocycles. The average molecular weight is 405 g/mol. The van der Waals surface area contributed by atoms with Crippen molar-refractivity contribution in [2.45, 2.75) is 24.8 Å². The van der Waals surface area contributed by atoms with Gasteiger partial charge in [-0.2, -0.15) is 0 Å². The van der Waals surface area contributed by atoms with Crippen molar-refractivity contribution in [3.8, 4) is 17.2 Å². The van der Waals surface area contributed by atoms with Gasteiger partial charge in [-0.1, -0.05) is 23.9 Å². The van der Waals surface area contributed by atoms with E-state index >= 15 is 0 Å². The fourth-order valence-corrected chi connectivity index (χ4v) is 3.50. The zero-order valence-electron chi connectivity index (χ0n) is 13.7. The van der Waals surface area contributed by atoms with Crippen LogP contribution in [0, 0.1) is 13.8 Å². The molecule has 124 valence electrons. The number of methoxy groups -OCH3 is 1. The fourth-order valence-electron chi connectivity index (χ4n) is 2.20. The topological polar surface area (TPSA) is 48.2 Å². The molecule has 2 aromatic carbocycles. The van der Waals surface area contributed by atoms with Crippen LogP contribution < -0.4 is 4.74 Å². The van der Waals surface area contributed by atoms with Gasteiger partial charge in [-0.05, 0) is 70.7 Å². The highest BCUT2D eigenvalue weighted by Gasteiger charge is 2.10. The van der Waals surface area contributed by atoms with Crippen LogP contribution in [0.15, 0.2) is 50.5 Å². The quantitative estimate of drug-likeness (QED) is 0.531. The molecule has 0 fully saturated rings. The standard InChI is InChI=1S/C18H17BrN2O2S/c1-11-4-6-14(8-12(11)2)17-20-21-18(23-17)24-10-13-5-7-16(22-3)15(19)9-13/h4-9H,10H2,1-3H3. The first-order valence-corrected chi connectivity index (χ1v) is 9.21. The Labute approximate surface area is 153 Å². The Morgan fingerprint density at radius 3 is 2.62 bits per heavy atom. The van der Waals surface area contributed by atoms with Crippen molar-refractivity contribution in [1.29, 1.82) is 0 Å². The molecular formula is C18H17BrN2O2S. The summed E-state index contributed by atoms with van der Waals surface area (Å²) in [6.45, 7) is 4.16. The molecule has 0 atom stereocenters. The van der Waals surface area contributed by atoms with Gasteiger partial charge >= 0.3 is 0 Å². The van der Waals surface area contributed by atoms with E-state index in [-0.39, 0.29) is 0 Å². The summed E-state index contributed by atoms with van der Waals surface area (Å²) in [5.74, 6) is 2.12. The van der Waals surface area contributed by atoms with E-state index in [1.807, 2.05) is 24.3 Å². The second-order valence-corrected chi connectivity index (χ2v) is 7.21. The van der Waals surface area contributed by atoms with Crippen LogP contribution in [-0.4, -0.2) is 17.3 Å². The van der Waals surface area contributed by atoms with E-state index in [2.05, 4.69) is 52.1 Å². The van der Waals surface area contributed by atoms with Gasteiger partial charge in [0.2, 0.25) is 5.89 Å². The molecule has 24 heavy (non-hydrogen) atoms. The number of rotatable bonds is 5. The molecule has 6 heteroatoms. The summed E-state index contributed by atoms with van der Waals surface area (Å²) in [4.78, 5) is 0. The number of benzene rings is 2. The molecule has 4 nitrogen and oxygen atoms in total. The van der Waals surface area contributed by atoms with E-state index in [1.54, 1.807) is 7.11 Å². The van der Waals surface area contributed by atoms with Crippen molar-refractivity contribution in [1.82, 2.24) is 10.2 Å². The van der Waals surface area contributed by atoms with Gasteiger partial charge in [0.05, 0.1) is 11.6 Å². The van der Waals surface area contributed by atoms with E-state index in [0.29, 0.717) is 11.1 Å². The summed E-state index contributed by atoms with van der Waals surface area (Å²) in [7, 11) is 1.65. The molecule has 0 amide bonds. The molecule has 0 saturated carbocycles. The fraction of sp³-hybridized carbons (Fsp3) is 0.222. The number of nitrogens with zero attached hydrogens (tertiary/aromatic N) is 2. The first kappa shape index (κ1) is 17.0. The highest BCUT2D eigenvalue weighted by atomic mass is 79.9. The third kappa shape index (κ3) is 3.82. The van der Waals surface area contributed by atoms with Crippen LogP contribution in [0.4, 0.5) is 0 Å². The predicted molar refractivity (Wildman–Crippen MR) is 99.5 cm³/mol. The van der Waals surface area contributed by atoms with Crippen LogP contribution in [0.3, 0.4) is 0 Å². The molecule has 0 spiro atoms. The van der Waals surface area contributed by atoms with Crippen LogP contribution in [0.1, 0.15) is 16.7 Å². The van der Waals surface area contributed by atoms with Gasteiger partial charge in [-0.25, -0.2) is 0 Å². The zero-order valence-corrected chi connectivity index (χ0v) is 16.1. The molecule has 0 bridgehead atoms. The monoisotopic (exact) mass is 404 g/mol. The molecule has 0 unspecified atom stereocenters. The third-order valence-electron chi connectivity index (χ3n) is 3.74. The lowest BCUT2D eigenvalue weighted by atomic mass is 10.1. The lowest BCUT2D eigenvalue weighted by Gasteiger charge is -2.05. The van der Waals surface area contributed by atoms with Crippen molar-refractivity contribution in [3.05, 3.63) is 57.6 Å². The van der Waals surface area contributed by atoms with E-state index in [1.165, 1.54) is 22.9 Å². The van der Waals surface area contributed by atoms with E-state index < -0.39 is 0 Å². The first-order chi connectivity index (χ1) is 11.6. The normalized spacial score (nSPS) is 10.8. The number of aromatic nitrogens is 2. The number of ether oxygens (including phenoxy) is 1. The van der Waals surface area contributed by atoms with E-state index in [0.717, 1.165) is 27.1 Å². The van der Waals surface area contributed by atoms with Gasteiger partial charge in [0.25, 0.3) is 5.22 Å². The van der Waals surface area contributed by atoms with Crippen LogP contribution in [0.25, 0.3) is 11.5 Å². The Bertz CT molecular complexity index is 864. The van der Waals surface area contributed by atoms with Crippen molar-refractivity contribution in [2.75, 3.05) is 7.11 Å². The Hall–Kier alpha value is -1.79. The summed E-state index contributed by atoms with van der Waals surface area (Å²) in [5, 5.41) is 8.84. The van der Waals surface area contributed by atoms with E-state index in [9.17, 15) is 0 Å². The molecule has 3 rings (SSSR count). The lowest BCUT2D eigenvalue weighted by molar-refractivity contribution is 0.412. The van der Waals surface area contributed by atoms with Crippen molar-refractivity contribution >= 4 is 27.7 Å². The Balaban J connectivity index is 1.70. The SMILES string of the molecule is COc1ccc(CSc2nnc(-c3ccc(C)c(C)c3)o2)cc1Br. The summed E-state index contributed by atoms with van der Waals surface area (Å²) < 4.78 is 11.9. The molecule has 0 radical (unpaired) electrons. The van der Waals surface area contributed by atoms with Crippen molar-refractivity contribution in [3.63, 3.8) is 0 Å². The third-order valence-corrected chi connectivity index (χ3v) is 5.25. The van der Waals surface area contributed by atoms with Crippen molar-refractivity contribution in [2.24, 2.45) is 0 Å². The van der Waals surface area contributed by atoms with Crippen LogP contribution in [0.2, 0.25) is 0 Å². The highest BCUT2D eigenvalue weighted by molar-refractivity contribution is 9.10. The molecule has 0 aliphatic rings. The second kappa shape index (κ2) is 7.40. The molecule has 0 aliphatic heterocycles. The summed E-state index contributed by atoms with van der Waals surface area (Å²) >= 11 is 5.01. The maximum atomic E-state index is 5.77. The van der Waals surface area contributed by atoms with Crippen LogP contribution in [0.5, 0.6) is 5.75 Å². The molecule has 1 aromatic heterocycles. The van der Waals surface area contributed by atoms with Crippen LogP contribution >= 0.6 is 27.7 Å². The molecule has 0 saturated heterocycles. The smallest absolute Gasteiger partial charge is 0.277 e. The number of thioether (sulfide) groups is 1. The van der Waals surface area contributed by atoms with Gasteiger partial charge in [0.15, 0.2) is 0 Å². The minimum absolute atomic E-state index is 0.552. The van der Waals surface area contributed by atoms with Crippen LogP contribution in [-0.2, 0) is 5.75 Å².